The standard InChI is InChI=1S/C26H30N2O5/c1-31-21-12-18(13-22(15-21)32-2)16-28-17-20(23-6-4-5-7-24(23)28)14-25(29)27-10-8-19(9-11-27)26(30)33-3/h4-7,12-13,15,17,19H,8-11,14,16H2,1-3H3. The molecule has 4 rings (SSSR count). The van der Waals surface area contributed by atoms with Crippen molar-refractivity contribution >= 4 is 22.8 Å². The van der Waals surface area contributed by atoms with Gasteiger partial charge in [-0.25, -0.2) is 0 Å². The van der Waals surface area contributed by atoms with Crippen LogP contribution in [0.4, 0.5) is 0 Å². The van der Waals surface area contributed by atoms with Gasteiger partial charge in [0, 0.05) is 42.8 Å². The Morgan fingerprint density at radius 3 is 2.27 bits per heavy atom. The zero-order valence-corrected chi connectivity index (χ0v) is 19.4. The Morgan fingerprint density at radius 2 is 1.64 bits per heavy atom. The molecule has 7 heteroatoms. The third-order valence-electron chi connectivity index (χ3n) is 6.36. The van der Waals surface area contributed by atoms with Gasteiger partial charge < -0.3 is 23.7 Å². The smallest absolute Gasteiger partial charge is 0.308 e. The molecule has 1 fully saturated rings. The summed E-state index contributed by atoms with van der Waals surface area (Å²) in [6, 6.07) is 14.0. The van der Waals surface area contributed by atoms with E-state index in [2.05, 4.69) is 22.9 Å². The zero-order valence-electron chi connectivity index (χ0n) is 19.4. The van der Waals surface area contributed by atoms with E-state index in [1.807, 2.05) is 35.2 Å². The number of carbonyl (C=O) groups is 2. The van der Waals surface area contributed by atoms with E-state index in [-0.39, 0.29) is 17.8 Å². The monoisotopic (exact) mass is 450 g/mol. The summed E-state index contributed by atoms with van der Waals surface area (Å²) in [4.78, 5) is 26.7. The van der Waals surface area contributed by atoms with Crippen molar-refractivity contribution < 1.29 is 23.8 Å². The molecule has 7 nitrogen and oxygen atoms in total. The maximum atomic E-state index is 13.1. The van der Waals surface area contributed by atoms with Crippen molar-refractivity contribution in [1.29, 1.82) is 0 Å². The van der Waals surface area contributed by atoms with Crippen molar-refractivity contribution in [3.63, 3.8) is 0 Å². The summed E-state index contributed by atoms with van der Waals surface area (Å²) < 4.78 is 17.8. The molecule has 0 unspecified atom stereocenters. The highest BCUT2D eigenvalue weighted by atomic mass is 16.5. The number of likely N-dealkylation sites (tertiary alicyclic amines) is 1. The van der Waals surface area contributed by atoms with E-state index in [0.717, 1.165) is 33.5 Å². The van der Waals surface area contributed by atoms with Crippen LogP contribution in [-0.4, -0.2) is 55.8 Å². The molecule has 1 amide bonds. The van der Waals surface area contributed by atoms with Crippen LogP contribution >= 0.6 is 0 Å². The number of methoxy groups -OCH3 is 3. The largest absolute Gasteiger partial charge is 0.497 e. The predicted molar refractivity (Wildman–Crippen MR) is 126 cm³/mol. The number of benzene rings is 2. The molecule has 0 bridgehead atoms. The van der Waals surface area contributed by atoms with E-state index < -0.39 is 0 Å². The molecule has 33 heavy (non-hydrogen) atoms. The fourth-order valence-electron chi connectivity index (χ4n) is 4.55. The fraction of sp³-hybridized carbons (Fsp3) is 0.385. The Morgan fingerprint density at radius 1 is 0.970 bits per heavy atom. The van der Waals surface area contributed by atoms with Crippen LogP contribution in [0.1, 0.15) is 24.0 Å². The minimum atomic E-state index is -0.181. The Labute approximate surface area is 193 Å². The molecule has 0 atom stereocenters. The van der Waals surface area contributed by atoms with Crippen LogP contribution < -0.4 is 9.47 Å². The Kier molecular flexibility index (Phi) is 6.87. The van der Waals surface area contributed by atoms with Crippen molar-refractivity contribution in [2.45, 2.75) is 25.8 Å². The van der Waals surface area contributed by atoms with Gasteiger partial charge in [0.15, 0.2) is 0 Å². The normalized spacial score (nSPS) is 14.3. The van der Waals surface area contributed by atoms with Crippen LogP contribution in [0.15, 0.2) is 48.7 Å². The molecular formula is C26H30N2O5. The molecule has 1 aromatic heterocycles. The Hall–Kier alpha value is -3.48. The molecular weight excluding hydrogens is 420 g/mol. The number of aromatic nitrogens is 1. The summed E-state index contributed by atoms with van der Waals surface area (Å²) in [6.45, 7) is 1.80. The first-order valence-electron chi connectivity index (χ1n) is 11.2. The lowest BCUT2D eigenvalue weighted by molar-refractivity contribution is -0.148. The summed E-state index contributed by atoms with van der Waals surface area (Å²) in [7, 11) is 4.69. The average Bonchev–Trinajstić information content (AvgIpc) is 3.20. The maximum absolute atomic E-state index is 13.1. The molecule has 174 valence electrons. The van der Waals surface area contributed by atoms with Crippen molar-refractivity contribution in [1.82, 2.24) is 9.47 Å². The number of ether oxygens (including phenoxy) is 3. The van der Waals surface area contributed by atoms with Crippen molar-refractivity contribution in [3.8, 4) is 11.5 Å². The van der Waals surface area contributed by atoms with Gasteiger partial charge in [-0.05, 0) is 42.2 Å². The first kappa shape index (κ1) is 22.7. The number of rotatable bonds is 7. The molecule has 3 aromatic rings. The maximum Gasteiger partial charge on any atom is 0.308 e. The highest BCUT2D eigenvalue weighted by molar-refractivity contribution is 5.89. The van der Waals surface area contributed by atoms with Gasteiger partial charge in [-0.15, -0.1) is 0 Å². The second-order valence-electron chi connectivity index (χ2n) is 8.38. The van der Waals surface area contributed by atoms with E-state index in [9.17, 15) is 9.59 Å². The number of para-hydroxylation sites is 1. The van der Waals surface area contributed by atoms with Crippen LogP contribution in [0, 0.1) is 5.92 Å². The molecule has 0 aliphatic carbocycles. The van der Waals surface area contributed by atoms with Crippen LogP contribution in [0.25, 0.3) is 10.9 Å². The lowest BCUT2D eigenvalue weighted by atomic mass is 9.96. The first-order valence-corrected chi connectivity index (χ1v) is 11.2. The summed E-state index contributed by atoms with van der Waals surface area (Å²) in [5.74, 6) is 1.28. The molecule has 0 N–H and O–H groups in total. The molecule has 0 radical (unpaired) electrons. The van der Waals surface area contributed by atoms with Crippen LogP contribution in [-0.2, 0) is 27.3 Å². The number of amides is 1. The first-order chi connectivity index (χ1) is 16.0. The molecule has 0 saturated carbocycles. The van der Waals surface area contributed by atoms with Gasteiger partial charge in [0.05, 0.1) is 33.7 Å². The van der Waals surface area contributed by atoms with E-state index in [1.54, 1.807) is 14.2 Å². The molecule has 2 heterocycles. The fourth-order valence-corrected chi connectivity index (χ4v) is 4.55. The zero-order chi connectivity index (χ0) is 23.4. The van der Waals surface area contributed by atoms with Crippen LogP contribution in [0.3, 0.4) is 0 Å². The third kappa shape index (κ3) is 4.97. The number of hydrogen-bond donors (Lipinski definition) is 0. The topological polar surface area (TPSA) is 70.0 Å². The third-order valence-corrected chi connectivity index (χ3v) is 6.36. The van der Waals surface area contributed by atoms with Gasteiger partial charge in [0.1, 0.15) is 11.5 Å². The number of esters is 1. The highest BCUT2D eigenvalue weighted by Gasteiger charge is 2.28. The second kappa shape index (κ2) is 9.98. The van der Waals surface area contributed by atoms with Crippen LogP contribution in [0.5, 0.6) is 11.5 Å². The molecule has 1 aliphatic rings. The summed E-state index contributed by atoms with van der Waals surface area (Å²) in [5, 5.41) is 1.07. The Bertz CT molecular complexity index is 1120. The molecule has 1 saturated heterocycles. The van der Waals surface area contributed by atoms with E-state index in [4.69, 9.17) is 14.2 Å². The SMILES string of the molecule is COC(=O)C1CCN(C(=O)Cc2cn(Cc3cc(OC)cc(OC)c3)c3ccccc23)CC1. The summed E-state index contributed by atoms with van der Waals surface area (Å²) in [6.07, 6.45) is 3.70. The number of nitrogens with zero attached hydrogens (tertiary/aromatic N) is 2. The quantitative estimate of drug-likeness (QED) is 0.514. The van der Waals surface area contributed by atoms with Crippen molar-refractivity contribution in [2.75, 3.05) is 34.4 Å². The van der Waals surface area contributed by atoms with E-state index in [1.165, 1.54) is 7.11 Å². The highest BCUT2D eigenvalue weighted by Crippen LogP contribution is 2.27. The van der Waals surface area contributed by atoms with Gasteiger partial charge in [-0.3, -0.25) is 9.59 Å². The molecule has 0 spiro atoms. The summed E-state index contributed by atoms with van der Waals surface area (Å²) >= 11 is 0. The van der Waals surface area contributed by atoms with Gasteiger partial charge >= 0.3 is 5.97 Å². The van der Waals surface area contributed by atoms with Gasteiger partial charge in [-0.1, -0.05) is 18.2 Å². The lowest BCUT2D eigenvalue weighted by Crippen LogP contribution is -2.41. The molecule has 1 aliphatic heterocycles. The van der Waals surface area contributed by atoms with Crippen molar-refractivity contribution in [2.24, 2.45) is 5.92 Å². The average molecular weight is 451 g/mol. The number of hydrogen-bond acceptors (Lipinski definition) is 5. The van der Waals surface area contributed by atoms with Gasteiger partial charge in [0.2, 0.25) is 5.91 Å². The minimum absolute atomic E-state index is 0.0873. The second-order valence-corrected chi connectivity index (χ2v) is 8.38. The number of fused-ring (bicyclic) bond motifs is 1. The minimum Gasteiger partial charge on any atom is -0.497 e. The van der Waals surface area contributed by atoms with E-state index >= 15 is 0 Å². The summed E-state index contributed by atoms with van der Waals surface area (Å²) in [5.41, 5.74) is 3.13. The predicted octanol–water partition coefficient (Wildman–Crippen LogP) is 3.66. The van der Waals surface area contributed by atoms with Gasteiger partial charge in [0.25, 0.3) is 0 Å². The molecule has 2 aromatic carbocycles. The van der Waals surface area contributed by atoms with Crippen molar-refractivity contribution in [3.05, 3.63) is 59.8 Å². The lowest BCUT2D eigenvalue weighted by Gasteiger charge is -2.30. The van der Waals surface area contributed by atoms with Crippen LogP contribution in [0.2, 0.25) is 0 Å². The number of piperidine rings is 1. The number of carbonyl (C=O) groups excluding carboxylic acids is 2. The van der Waals surface area contributed by atoms with Gasteiger partial charge in [-0.2, -0.15) is 0 Å². The van der Waals surface area contributed by atoms with E-state index in [0.29, 0.717) is 38.9 Å². The Balaban J connectivity index is 1.53.